The molecule has 0 amide bonds. The predicted octanol–water partition coefficient (Wildman–Crippen LogP) is 0.456. The Bertz CT molecular complexity index is 573. The highest BCUT2D eigenvalue weighted by atomic mass is 32.2. The average molecular weight is 300 g/mol. The molecule has 110 valence electrons. The highest BCUT2D eigenvalue weighted by Gasteiger charge is 2.34. The van der Waals surface area contributed by atoms with Gasteiger partial charge in [-0.05, 0) is 24.6 Å². The first kappa shape index (κ1) is 15.0. The van der Waals surface area contributed by atoms with Gasteiger partial charge >= 0.3 is 5.97 Å². The normalized spacial score (nSPS) is 17.3. The summed E-state index contributed by atoms with van der Waals surface area (Å²) in [7, 11) is -3.40. The Hall–Kier alpha value is -1.44. The van der Waals surface area contributed by atoms with Gasteiger partial charge in [0.1, 0.15) is 5.25 Å². The van der Waals surface area contributed by atoms with Crippen molar-refractivity contribution in [3.05, 3.63) is 29.8 Å². The predicted molar refractivity (Wildman–Crippen MR) is 69.8 cm³/mol. The lowest BCUT2D eigenvalue weighted by Crippen LogP contribution is -2.40. The van der Waals surface area contributed by atoms with Gasteiger partial charge in [-0.25, -0.2) is 13.2 Å². The molecule has 0 saturated carbocycles. The minimum atomic E-state index is -3.40. The minimum absolute atomic E-state index is 0.158. The van der Waals surface area contributed by atoms with Gasteiger partial charge in [-0.2, -0.15) is 0 Å². The van der Waals surface area contributed by atoms with Crippen LogP contribution >= 0.6 is 0 Å². The second-order valence-corrected chi connectivity index (χ2v) is 6.66. The molecule has 1 N–H and O–H groups in total. The van der Waals surface area contributed by atoms with E-state index in [0.29, 0.717) is 5.56 Å². The van der Waals surface area contributed by atoms with Gasteiger partial charge in [-0.3, -0.25) is 0 Å². The third-order valence-corrected chi connectivity index (χ3v) is 5.16. The molecule has 1 heterocycles. The molecular weight excluding hydrogens is 284 g/mol. The first-order chi connectivity index (χ1) is 9.46. The Morgan fingerprint density at radius 3 is 2.45 bits per heavy atom. The van der Waals surface area contributed by atoms with Crippen LogP contribution in [0.25, 0.3) is 0 Å². The topological polar surface area (TPSA) is 89.9 Å². The van der Waals surface area contributed by atoms with Crippen LogP contribution in [0.3, 0.4) is 0 Å². The van der Waals surface area contributed by atoms with Crippen LogP contribution in [0, 0.1) is 0 Å². The summed E-state index contributed by atoms with van der Waals surface area (Å²) in [6.45, 7) is 2.22. The molecule has 7 heteroatoms. The third-order valence-electron chi connectivity index (χ3n) is 3.08. The number of hydrogen-bond acceptors (Lipinski definition) is 6. The molecule has 1 fully saturated rings. The Morgan fingerprint density at radius 2 is 2.00 bits per heavy atom. The summed E-state index contributed by atoms with van der Waals surface area (Å²) in [5.41, 5.74) is 0.298. The van der Waals surface area contributed by atoms with Crippen molar-refractivity contribution in [2.24, 2.45) is 0 Å². The number of carbonyl (C=O) groups excluding carboxylic acids is 1. The summed E-state index contributed by atoms with van der Waals surface area (Å²) in [4.78, 5) is 11.5. The van der Waals surface area contributed by atoms with Crippen LogP contribution in [0.2, 0.25) is 0 Å². The summed E-state index contributed by atoms with van der Waals surface area (Å²) in [5.74, 6) is -0.754. The van der Waals surface area contributed by atoms with E-state index in [2.05, 4.69) is 0 Å². The van der Waals surface area contributed by atoms with Crippen LogP contribution in [0.1, 0.15) is 18.6 Å². The molecule has 1 aromatic carbocycles. The fourth-order valence-corrected chi connectivity index (χ4v) is 3.23. The lowest BCUT2D eigenvalue weighted by Gasteiger charge is -2.25. The number of sulfone groups is 1. The molecule has 0 bridgehead atoms. The van der Waals surface area contributed by atoms with Gasteiger partial charge in [0.05, 0.1) is 24.7 Å². The molecule has 2 rings (SSSR count). The first-order valence-electron chi connectivity index (χ1n) is 6.23. The number of carbonyl (C=O) groups is 1. The smallest absolute Gasteiger partial charge is 0.339 e. The molecule has 1 atom stereocenters. The van der Waals surface area contributed by atoms with E-state index in [4.69, 9.17) is 9.47 Å². The molecule has 0 radical (unpaired) electrons. The van der Waals surface area contributed by atoms with Gasteiger partial charge in [-0.1, -0.05) is 12.1 Å². The Balaban J connectivity index is 2.16. The highest BCUT2D eigenvalue weighted by Crippen LogP contribution is 2.23. The average Bonchev–Trinajstić information content (AvgIpc) is 2.35. The van der Waals surface area contributed by atoms with E-state index < -0.39 is 27.2 Å². The van der Waals surface area contributed by atoms with Crippen molar-refractivity contribution < 1.29 is 27.8 Å². The van der Waals surface area contributed by atoms with E-state index in [1.165, 1.54) is 24.3 Å². The lowest BCUT2D eigenvalue weighted by molar-refractivity contribution is -0.153. The summed E-state index contributed by atoms with van der Waals surface area (Å²) in [6, 6.07) is 5.58. The summed E-state index contributed by atoms with van der Waals surface area (Å²) >= 11 is 0. The molecule has 1 unspecified atom stereocenters. The fraction of sp³-hybridized carbons (Fsp3) is 0.462. The van der Waals surface area contributed by atoms with E-state index in [9.17, 15) is 18.3 Å². The van der Waals surface area contributed by atoms with Crippen molar-refractivity contribution in [3.63, 3.8) is 0 Å². The maximum Gasteiger partial charge on any atom is 0.339 e. The first-order valence-corrected chi connectivity index (χ1v) is 7.77. The van der Waals surface area contributed by atoms with E-state index >= 15 is 0 Å². The number of rotatable bonds is 5. The molecule has 0 aromatic heterocycles. The van der Waals surface area contributed by atoms with Crippen LogP contribution in [0.4, 0.5) is 0 Å². The largest absolute Gasteiger partial charge is 0.464 e. The number of benzene rings is 1. The molecule has 0 aliphatic carbocycles. The zero-order chi connectivity index (χ0) is 14.8. The van der Waals surface area contributed by atoms with Crippen molar-refractivity contribution in [3.8, 4) is 0 Å². The van der Waals surface area contributed by atoms with Crippen molar-refractivity contribution in [1.82, 2.24) is 0 Å². The number of aliphatic hydroxyl groups is 1. The van der Waals surface area contributed by atoms with Gasteiger partial charge in [0.2, 0.25) is 0 Å². The SMILES string of the molecule is CCOC(=O)C(O)c1ccc(S(=O)(=O)C2COC2)cc1. The number of aliphatic hydroxyl groups excluding tert-OH is 1. The maximum atomic E-state index is 12.1. The highest BCUT2D eigenvalue weighted by molar-refractivity contribution is 7.92. The van der Waals surface area contributed by atoms with Gasteiger partial charge in [0, 0.05) is 0 Å². The molecule has 1 aliphatic heterocycles. The summed E-state index contributed by atoms with van der Waals surface area (Å²) < 4.78 is 33.8. The number of hydrogen-bond donors (Lipinski definition) is 1. The quantitative estimate of drug-likeness (QED) is 0.794. The molecular formula is C13H16O6S. The van der Waals surface area contributed by atoms with E-state index in [1.807, 2.05) is 0 Å². The lowest BCUT2D eigenvalue weighted by atomic mass is 10.1. The Labute approximate surface area is 117 Å². The summed E-state index contributed by atoms with van der Waals surface area (Å²) in [5, 5.41) is 9.23. The Morgan fingerprint density at radius 1 is 1.40 bits per heavy atom. The van der Waals surface area contributed by atoms with E-state index in [-0.39, 0.29) is 24.7 Å². The van der Waals surface area contributed by atoms with Crippen LogP contribution in [-0.2, 0) is 24.1 Å². The number of ether oxygens (including phenoxy) is 2. The van der Waals surface area contributed by atoms with E-state index in [1.54, 1.807) is 6.92 Å². The van der Waals surface area contributed by atoms with Gasteiger partial charge in [0.15, 0.2) is 15.9 Å². The Kier molecular flexibility index (Phi) is 4.42. The maximum absolute atomic E-state index is 12.1. The van der Waals surface area contributed by atoms with Crippen LogP contribution in [0.15, 0.2) is 29.2 Å². The van der Waals surface area contributed by atoms with Gasteiger partial charge in [0.25, 0.3) is 0 Å². The standard InChI is InChI=1S/C13H16O6S/c1-2-19-13(15)12(14)9-3-5-10(6-4-9)20(16,17)11-7-18-8-11/h3-6,11-12,14H,2,7-8H2,1H3. The molecule has 6 nitrogen and oxygen atoms in total. The minimum Gasteiger partial charge on any atom is -0.464 e. The second kappa shape index (κ2) is 5.90. The molecule has 20 heavy (non-hydrogen) atoms. The van der Waals surface area contributed by atoms with Crippen molar-refractivity contribution >= 4 is 15.8 Å². The monoisotopic (exact) mass is 300 g/mol. The van der Waals surface area contributed by atoms with E-state index in [0.717, 1.165) is 0 Å². The van der Waals surface area contributed by atoms with Crippen LogP contribution in [0.5, 0.6) is 0 Å². The van der Waals surface area contributed by atoms with Gasteiger partial charge in [-0.15, -0.1) is 0 Å². The molecule has 0 spiro atoms. The molecule has 1 aromatic rings. The van der Waals surface area contributed by atoms with Crippen molar-refractivity contribution in [2.75, 3.05) is 19.8 Å². The molecule has 1 saturated heterocycles. The number of esters is 1. The fourth-order valence-electron chi connectivity index (χ4n) is 1.78. The van der Waals surface area contributed by atoms with Crippen molar-refractivity contribution in [2.45, 2.75) is 23.2 Å². The van der Waals surface area contributed by atoms with Crippen LogP contribution in [-0.4, -0.2) is 44.6 Å². The van der Waals surface area contributed by atoms with Crippen LogP contribution < -0.4 is 0 Å². The molecule has 1 aliphatic rings. The zero-order valence-corrected chi connectivity index (χ0v) is 11.8. The third kappa shape index (κ3) is 2.84. The zero-order valence-electron chi connectivity index (χ0n) is 11.0. The van der Waals surface area contributed by atoms with Crippen molar-refractivity contribution in [1.29, 1.82) is 0 Å². The second-order valence-electron chi connectivity index (χ2n) is 4.43. The van der Waals surface area contributed by atoms with Gasteiger partial charge < -0.3 is 14.6 Å². The summed E-state index contributed by atoms with van der Waals surface area (Å²) in [6.07, 6.45) is -1.40.